The third-order valence-corrected chi connectivity index (χ3v) is 3.38. The maximum Gasteiger partial charge on any atom is 0.313 e. The fourth-order valence-corrected chi connectivity index (χ4v) is 1.91. The lowest BCUT2D eigenvalue weighted by Crippen LogP contribution is -1.97. The molecule has 0 fully saturated rings. The van der Waals surface area contributed by atoms with E-state index in [1.807, 2.05) is 0 Å². The van der Waals surface area contributed by atoms with E-state index in [-0.39, 0.29) is 27.4 Å². The van der Waals surface area contributed by atoms with Gasteiger partial charge in [-0.15, -0.1) is 0 Å². The Morgan fingerprint density at radius 2 is 2.00 bits per heavy atom. The van der Waals surface area contributed by atoms with E-state index in [0.29, 0.717) is 5.56 Å². The molecular weight excluding hydrogens is 319 g/mol. The number of nitro groups is 1. The molecule has 0 bridgehead atoms. The summed E-state index contributed by atoms with van der Waals surface area (Å²) in [5, 5.41) is 20.7. The van der Waals surface area contributed by atoms with Crippen LogP contribution in [-0.4, -0.2) is 15.0 Å². The van der Waals surface area contributed by atoms with Crippen LogP contribution in [0.15, 0.2) is 30.5 Å². The number of aliphatic hydroxyl groups is 1. The molecule has 1 aromatic carbocycles. The van der Waals surface area contributed by atoms with E-state index < -0.39 is 11.0 Å². The number of nitro benzene ring substituents is 1. The summed E-state index contributed by atoms with van der Waals surface area (Å²) >= 11 is 11.6. The van der Waals surface area contributed by atoms with Crippen LogP contribution < -0.4 is 4.74 Å². The molecule has 1 N–H and O–H groups in total. The van der Waals surface area contributed by atoms with E-state index in [2.05, 4.69) is 4.98 Å². The fourth-order valence-electron chi connectivity index (χ4n) is 1.60. The normalized spacial score (nSPS) is 12.0. The first-order valence-electron chi connectivity index (χ1n) is 5.84. The molecule has 0 aliphatic rings. The van der Waals surface area contributed by atoms with Crippen LogP contribution in [0.1, 0.15) is 18.6 Å². The highest BCUT2D eigenvalue weighted by atomic mass is 35.5. The second-order valence-electron chi connectivity index (χ2n) is 4.20. The second kappa shape index (κ2) is 6.26. The Kier molecular flexibility index (Phi) is 4.62. The van der Waals surface area contributed by atoms with Gasteiger partial charge in [-0.2, -0.15) is 0 Å². The van der Waals surface area contributed by atoms with Crippen molar-refractivity contribution >= 4 is 28.9 Å². The van der Waals surface area contributed by atoms with E-state index in [0.717, 1.165) is 6.07 Å². The van der Waals surface area contributed by atoms with Crippen molar-refractivity contribution in [1.29, 1.82) is 0 Å². The molecule has 0 radical (unpaired) electrons. The molecule has 0 aliphatic heterocycles. The van der Waals surface area contributed by atoms with E-state index >= 15 is 0 Å². The van der Waals surface area contributed by atoms with E-state index in [4.69, 9.17) is 27.9 Å². The monoisotopic (exact) mass is 328 g/mol. The van der Waals surface area contributed by atoms with Gasteiger partial charge in [0, 0.05) is 24.4 Å². The van der Waals surface area contributed by atoms with Crippen molar-refractivity contribution in [3.8, 4) is 11.6 Å². The van der Waals surface area contributed by atoms with Gasteiger partial charge < -0.3 is 9.84 Å². The average Bonchev–Trinajstić information content (AvgIpc) is 2.42. The van der Waals surface area contributed by atoms with Gasteiger partial charge in [0.05, 0.1) is 21.1 Å². The SMILES string of the molecule is CC(O)c1ccnc(Oc2cc(Cl)c(Cl)cc2[N+](=O)[O-])c1. The molecule has 1 atom stereocenters. The number of benzene rings is 1. The average molecular weight is 329 g/mol. The number of halogens is 2. The van der Waals surface area contributed by atoms with E-state index in [1.54, 1.807) is 13.0 Å². The molecule has 0 amide bonds. The predicted molar refractivity (Wildman–Crippen MR) is 78.1 cm³/mol. The molecule has 1 heterocycles. The molecule has 1 unspecified atom stereocenters. The highest BCUT2D eigenvalue weighted by Gasteiger charge is 2.19. The van der Waals surface area contributed by atoms with Crippen molar-refractivity contribution in [3.05, 3.63) is 56.2 Å². The van der Waals surface area contributed by atoms with Crippen LogP contribution in [0.4, 0.5) is 5.69 Å². The number of pyridine rings is 1. The van der Waals surface area contributed by atoms with Gasteiger partial charge in [0.15, 0.2) is 0 Å². The van der Waals surface area contributed by atoms with E-state index in [1.165, 1.54) is 18.3 Å². The van der Waals surface area contributed by atoms with Crippen molar-refractivity contribution in [1.82, 2.24) is 4.98 Å². The van der Waals surface area contributed by atoms with Gasteiger partial charge >= 0.3 is 5.69 Å². The van der Waals surface area contributed by atoms with Crippen molar-refractivity contribution < 1.29 is 14.8 Å². The molecule has 21 heavy (non-hydrogen) atoms. The zero-order valence-electron chi connectivity index (χ0n) is 10.8. The first kappa shape index (κ1) is 15.5. The van der Waals surface area contributed by atoms with Crippen LogP contribution in [0, 0.1) is 10.1 Å². The Labute approximate surface area is 130 Å². The molecular formula is C13H10Cl2N2O4. The van der Waals surface area contributed by atoms with Gasteiger partial charge in [-0.3, -0.25) is 10.1 Å². The lowest BCUT2D eigenvalue weighted by molar-refractivity contribution is -0.385. The number of hydrogen-bond acceptors (Lipinski definition) is 5. The van der Waals surface area contributed by atoms with Gasteiger partial charge in [-0.25, -0.2) is 4.98 Å². The first-order valence-corrected chi connectivity index (χ1v) is 6.59. The number of nitrogens with zero attached hydrogens (tertiary/aromatic N) is 2. The minimum Gasteiger partial charge on any atom is -0.432 e. The standard InChI is InChI=1S/C13H10Cl2N2O4/c1-7(18)8-2-3-16-13(4-8)21-12-6-10(15)9(14)5-11(12)17(19)20/h2-7,18H,1H3. The zero-order valence-corrected chi connectivity index (χ0v) is 12.3. The van der Waals surface area contributed by atoms with Gasteiger partial charge in [0.25, 0.3) is 0 Å². The minimum atomic E-state index is -0.709. The summed E-state index contributed by atoms with van der Waals surface area (Å²) < 4.78 is 5.39. The number of aromatic nitrogens is 1. The Hall–Kier alpha value is -1.89. The highest BCUT2D eigenvalue weighted by molar-refractivity contribution is 6.42. The summed E-state index contributed by atoms with van der Waals surface area (Å²) in [6, 6.07) is 5.45. The lowest BCUT2D eigenvalue weighted by atomic mass is 10.2. The topological polar surface area (TPSA) is 85.5 Å². The van der Waals surface area contributed by atoms with Crippen molar-refractivity contribution in [3.63, 3.8) is 0 Å². The summed E-state index contributed by atoms with van der Waals surface area (Å²) in [5.41, 5.74) is 0.247. The quantitative estimate of drug-likeness (QED) is 0.673. The largest absolute Gasteiger partial charge is 0.432 e. The Morgan fingerprint density at radius 1 is 1.33 bits per heavy atom. The molecule has 0 spiro atoms. The third-order valence-electron chi connectivity index (χ3n) is 2.65. The third kappa shape index (κ3) is 3.60. The number of aliphatic hydroxyl groups excluding tert-OH is 1. The summed E-state index contributed by atoms with van der Waals surface area (Å²) in [5.74, 6) is 0.0273. The molecule has 2 aromatic rings. The summed E-state index contributed by atoms with van der Waals surface area (Å²) in [7, 11) is 0. The smallest absolute Gasteiger partial charge is 0.313 e. The van der Waals surface area contributed by atoms with Crippen LogP contribution >= 0.6 is 23.2 Å². The molecule has 2 rings (SSSR count). The van der Waals surface area contributed by atoms with Crippen molar-refractivity contribution in [2.24, 2.45) is 0 Å². The van der Waals surface area contributed by atoms with Crippen LogP contribution in [0.5, 0.6) is 11.6 Å². The van der Waals surface area contributed by atoms with Gasteiger partial charge in [0.2, 0.25) is 11.6 Å². The summed E-state index contributed by atoms with van der Waals surface area (Å²) in [6.07, 6.45) is 0.722. The fraction of sp³-hybridized carbons (Fsp3) is 0.154. The Bertz CT molecular complexity index is 692. The van der Waals surface area contributed by atoms with Gasteiger partial charge in [0.1, 0.15) is 0 Å². The molecule has 1 aromatic heterocycles. The van der Waals surface area contributed by atoms with Crippen molar-refractivity contribution in [2.45, 2.75) is 13.0 Å². The molecule has 0 saturated heterocycles. The van der Waals surface area contributed by atoms with Gasteiger partial charge in [-0.05, 0) is 18.6 Å². The number of rotatable bonds is 4. The number of hydrogen-bond donors (Lipinski definition) is 1. The van der Waals surface area contributed by atoms with Crippen LogP contribution in [-0.2, 0) is 0 Å². The maximum atomic E-state index is 11.0. The highest BCUT2D eigenvalue weighted by Crippen LogP contribution is 2.37. The minimum absolute atomic E-state index is 0.0569. The van der Waals surface area contributed by atoms with Crippen LogP contribution in [0.3, 0.4) is 0 Å². The lowest BCUT2D eigenvalue weighted by Gasteiger charge is -2.09. The predicted octanol–water partition coefficient (Wildman–Crippen LogP) is 4.14. The number of ether oxygens (including phenoxy) is 1. The molecule has 6 nitrogen and oxygen atoms in total. The zero-order chi connectivity index (χ0) is 15.6. The molecule has 110 valence electrons. The molecule has 8 heteroatoms. The first-order chi connectivity index (χ1) is 9.88. The van der Waals surface area contributed by atoms with Crippen molar-refractivity contribution in [2.75, 3.05) is 0 Å². The summed E-state index contributed by atoms with van der Waals surface area (Å²) in [6.45, 7) is 1.58. The molecule has 0 aliphatic carbocycles. The second-order valence-corrected chi connectivity index (χ2v) is 5.01. The van der Waals surface area contributed by atoms with Crippen LogP contribution in [0.25, 0.3) is 0 Å². The Balaban J connectivity index is 2.41. The Morgan fingerprint density at radius 3 is 2.62 bits per heavy atom. The molecule has 0 saturated carbocycles. The van der Waals surface area contributed by atoms with E-state index in [9.17, 15) is 15.2 Å². The summed E-state index contributed by atoms with van der Waals surface area (Å²) in [4.78, 5) is 14.3. The van der Waals surface area contributed by atoms with Crippen LogP contribution in [0.2, 0.25) is 10.0 Å². The maximum absolute atomic E-state index is 11.0. The van der Waals surface area contributed by atoms with Gasteiger partial charge in [-0.1, -0.05) is 23.2 Å².